The molecule has 0 saturated carbocycles. The van der Waals surface area contributed by atoms with Crippen LogP contribution < -0.4 is 10.1 Å². The van der Waals surface area contributed by atoms with E-state index in [1.54, 1.807) is 0 Å². The maximum atomic E-state index is 5.95. The SMILES string of the molecule is CCCOc1ccc(NCc2cccc(Cl)c2)cc1. The fourth-order valence-electron chi connectivity index (χ4n) is 1.74. The molecule has 2 aromatic carbocycles. The van der Waals surface area contributed by atoms with E-state index in [-0.39, 0.29) is 0 Å². The van der Waals surface area contributed by atoms with Gasteiger partial charge in [-0.1, -0.05) is 30.7 Å². The second kappa shape index (κ2) is 7.05. The molecule has 3 heteroatoms. The maximum absolute atomic E-state index is 5.95. The fourth-order valence-corrected chi connectivity index (χ4v) is 1.95. The van der Waals surface area contributed by atoms with Gasteiger partial charge in [0.25, 0.3) is 0 Å². The predicted molar refractivity (Wildman–Crippen MR) is 81.0 cm³/mol. The van der Waals surface area contributed by atoms with Crippen molar-refractivity contribution in [2.75, 3.05) is 11.9 Å². The molecule has 0 aliphatic rings. The summed E-state index contributed by atoms with van der Waals surface area (Å²) in [6.45, 7) is 3.62. The zero-order valence-corrected chi connectivity index (χ0v) is 11.8. The van der Waals surface area contributed by atoms with Crippen LogP contribution >= 0.6 is 11.6 Å². The van der Waals surface area contributed by atoms with Crippen molar-refractivity contribution >= 4 is 17.3 Å². The van der Waals surface area contributed by atoms with E-state index in [0.717, 1.165) is 36.0 Å². The molecule has 0 radical (unpaired) electrons. The Labute approximate surface area is 119 Å². The number of nitrogens with one attached hydrogen (secondary N) is 1. The first-order chi connectivity index (χ1) is 9.28. The zero-order chi connectivity index (χ0) is 13.5. The first kappa shape index (κ1) is 13.8. The van der Waals surface area contributed by atoms with Gasteiger partial charge in [0.15, 0.2) is 0 Å². The van der Waals surface area contributed by atoms with Crippen LogP contribution in [-0.4, -0.2) is 6.61 Å². The number of rotatable bonds is 6. The highest BCUT2D eigenvalue weighted by Gasteiger charge is 1.97. The van der Waals surface area contributed by atoms with Crippen LogP contribution in [0.25, 0.3) is 0 Å². The second-order valence-electron chi connectivity index (χ2n) is 4.36. The molecule has 2 rings (SSSR count). The van der Waals surface area contributed by atoms with Crippen molar-refractivity contribution in [3.63, 3.8) is 0 Å². The Hall–Kier alpha value is -1.67. The summed E-state index contributed by atoms with van der Waals surface area (Å²) in [5.41, 5.74) is 2.24. The van der Waals surface area contributed by atoms with Crippen LogP contribution in [0.3, 0.4) is 0 Å². The summed E-state index contributed by atoms with van der Waals surface area (Å²) in [6, 6.07) is 15.9. The third-order valence-electron chi connectivity index (χ3n) is 2.71. The van der Waals surface area contributed by atoms with Crippen molar-refractivity contribution in [2.45, 2.75) is 19.9 Å². The molecule has 2 nitrogen and oxygen atoms in total. The van der Waals surface area contributed by atoms with E-state index < -0.39 is 0 Å². The van der Waals surface area contributed by atoms with Gasteiger partial charge in [-0.25, -0.2) is 0 Å². The number of anilines is 1. The van der Waals surface area contributed by atoms with Crippen molar-refractivity contribution in [2.24, 2.45) is 0 Å². The highest BCUT2D eigenvalue weighted by molar-refractivity contribution is 6.30. The van der Waals surface area contributed by atoms with Crippen molar-refractivity contribution in [3.8, 4) is 5.75 Å². The van der Waals surface area contributed by atoms with Gasteiger partial charge < -0.3 is 10.1 Å². The molecule has 0 aromatic heterocycles. The van der Waals surface area contributed by atoms with Gasteiger partial charge in [0.1, 0.15) is 5.75 Å². The molecule has 0 bridgehead atoms. The number of hydrogen-bond acceptors (Lipinski definition) is 2. The highest BCUT2D eigenvalue weighted by Crippen LogP contribution is 2.17. The van der Waals surface area contributed by atoms with Crippen LogP contribution in [0.2, 0.25) is 5.02 Å². The van der Waals surface area contributed by atoms with E-state index in [4.69, 9.17) is 16.3 Å². The number of benzene rings is 2. The van der Waals surface area contributed by atoms with Gasteiger partial charge in [-0.05, 0) is 48.4 Å². The molecular formula is C16H18ClNO. The zero-order valence-electron chi connectivity index (χ0n) is 11.0. The Kier molecular flexibility index (Phi) is 5.10. The minimum atomic E-state index is 0.759. The van der Waals surface area contributed by atoms with Crippen molar-refractivity contribution in [1.82, 2.24) is 0 Å². The summed E-state index contributed by atoms with van der Waals surface area (Å²) in [5.74, 6) is 0.912. The Bertz CT molecular complexity index is 510. The van der Waals surface area contributed by atoms with E-state index in [2.05, 4.69) is 18.3 Å². The summed E-state index contributed by atoms with van der Waals surface area (Å²) in [7, 11) is 0. The van der Waals surface area contributed by atoms with Crippen LogP contribution in [0.1, 0.15) is 18.9 Å². The fraction of sp³-hybridized carbons (Fsp3) is 0.250. The van der Waals surface area contributed by atoms with Crippen molar-refractivity contribution in [3.05, 3.63) is 59.1 Å². The lowest BCUT2D eigenvalue weighted by Gasteiger charge is -2.08. The summed E-state index contributed by atoms with van der Waals surface area (Å²) >= 11 is 5.95. The lowest BCUT2D eigenvalue weighted by molar-refractivity contribution is 0.317. The van der Waals surface area contributed by atoms with Gasteiger partial charge in [0.05, 0.1) is 6.61 Å². The predicted octanol–water partition coefficient (Wildman–Crippen LogP) is 4.74. The summed E-state index contributed by atoms with van der Waals surface area (Å²) < 4.78 is 5.54. The standard InChI is InChI=1S/C16H18ClNO/c1-2-10-19-16-8-6-15(7-9-16)18-12-13-4-3-5-14(17)11-13/h3-9,11,18H,2,10,12H2,1H3. The normalized spacial score (nSPS) is 10.2. The van der Waals surface area contributed by atoms with Gasteiger partial charge in [-0.3, -0.25) is 0 Å². The number of halogens is 1. The van der Waals surface area contributed by atoms with Gasteiger partial charge in [0, 0.05) is 17.3 Å². The third-order valence-corrected chi connectivity index (χ3v) is 2.95. The molecule has 0 atom stereocenters. The van der Waals surface area contributed by atoms with E-state index in [9.17, 15) is 0 Å². The second-order valence-corrected chi connectivity index (χ2v) is 4.79. The first-order valence-electron chi connectivity index (χ1n) is 6.49. The van der Waals surface area contributed by atoms with Crippen LogP contribution in [0.15, 0.2) is 48.5 Å². The molecule has 0 fully saturated rings. The Morgan fingerprint density at radius 1 is 1.11 bits per heavy atom. The Morgan fingerprint density at radius 3 is 2.58 bits per heavy atom. The monoisotopic (exact) mass is 275 g/mol. The molecule has 19 heavy (non-hydrogen) atoms. The lowest BCUT2D eigenvalue weighted by atomic mass is 10.2. The topological polar surface area (TPSA) is 21.3 Å². The van der Waals surface area contributed by atoms with E-state index in [1.807, 2.05) is 42.5 Å². The third kappa shape index (κ3) is 4.49. The van der Waals surface area contributed by atoms with E-state index in [0.29, 0.717) is 0 Å². The molecule has 0 unspecified atom stereocenters. The average molecular weight is 276 g/mol. The number of ether oxygens (including phenoxy) is 1. The maximum Gasteiger partial charge on any atom is 0.119 e. The number of hydrogen-bond donors (Lipinski definition) is 1. The molecular weight excluding hydrogens is 258 g/mol. The molecule has 0 spiro atoms. The highest BCUT2D eigenvalue weighted by atomic mass is 35.5. The van der Waals surface area contributed by atoms with Crippen molar-refractivity contribution < 1.29 is 4.74 Å². The lowest BCUT2D eigenvalue weighted by Crippen LogP contribution is -1.99. The average Bonchev–Trinajstić information content (AvgIpc) is 2.44. The molecule has 0 aliphatic carbocycles. The molecule has 100 valence electrons. The Morgan fingerprint density at radius 2 is 1.89 bits per heavy atom. The van der Waals surface area contributed by atoms with Crippen LogP contribution in [-0.2, 0) is 6.54 Å². The van der Waals surface area contributed by atoms with E-state index >= 15 is 0 Å². The molecule has 0 aliphatic heterocycles. The van der Waals surface area contributed by atoms with Crippen molar-refractivity contribution in [1.29, 1.82) is 0 Å². The molecule has 0 amide bonds. The van der Waals surface area contributed by atoms with Gasteiger partial charge in [-0.15, -0.1) is 0 Å². The summed E-state index contributed by atoms with van der Waals surface area (Å²) in [4.78, 5) is 0. The van der Waals surface area contributed by atoms with Gasteiger partial charge in [-0.2, -0.15) is 0 Å². The summed E-state index contributed by atoms with van der Waals surface area (Å²) in [5, 5.41) is 4.12. The minimum Gasteiger partial charge on any atom is -0.494 e. The van der Waals surface area contributed by atoms with Crippen LogP contribution in [0.4, 0.5) is 5.69 Å². The first-order valence-corrected chi connectivity index (χ1v) is 6.87. The van der Waals surface area contributed by atoms with Crippen LogP contribution in [0, 0.1) is 0 Å². The van der Waals surface area contributed by atoms with E-state index in [1.165, 1.54) is 5.56 Å². The quantitative estimate of drug-likeness (QED) is 0.822. The molecule has 0 saturated heterocycles. The van der Waals surface area contributed by atoms with Gasteiger partial charge >= 0.3 is 0 Å². The molecule has 0 heterocycles. The Balaban J connectivity index is 1.89. The molecule has 2 aromatic rings. The summed E-state index contributed by atoms with van der Waals surface area (Å²) in [6.07, 6.45) is 1.02. The largest absolute Gasteiger partial charge is 0.494 e. The molecule has 1 N–H and O–H groups in total. The smallest absolute Gasteiger partial charge is 0.119 e. The van der Waals surface area contributed by atoms with Crippen LogP contribution in [0.5, 0.6) is 5.75 Å². The van der Waals surface area contributed by atoms with Gasteiger partial charge in [0.2, 0.25) is 0 Å². The minimum absolute atomic E-state index is 0.759.